The molecule has 0 aliphatic carbocycles. The van der Waals surface area contributed by atoms with Gasteiger partial charge in [0.05, 0.1) is 5.56 Å². The number of nitrogens with zero attached hydrogens (tertiary/aromatic N) is 1. The maximum atomic E-state index is 13.7. The molecule has 1 aromatic heterocycles. The number of carbonyl (C=O) groups excluding carboxylic acids is 1. The van der Waals surface area contributed by atoms with Gasteiger partial charge < -0.3 is 4.42 Å². The van der Waals surface area contributed by atoms with E-state index in [0.717, 1.165) is 25.9 Å². The van der Waals surface area contributed by atoms with E-state index in [4.69, 9.17) is 4.42 Å². The van der Waals surface area contributed by atoms with Crippen LogP contribution in [0, 0.1) is 5.82 Å². The number of carbonyl (C=O) groups is 1. The van der Waals surface area contributed by atoms with Crippen LogP contribution in [0.4, 0.5) is 4.39 Å². The van der Waals surface area contributed by atoms with Crippen LogP contribution >= 0.6 is 0 Å². The first-order chi connectivity index (χ1) is 11.2. The Hall–Kier alpha value is -2.40. The molecule has 23 heavy (non-hydrogen) atoms. The van der Waals surface area contributed by atoms with Crippen molar-refractivity contribution < 1.29 is 13.6 Å². The molecular weight excluding hydrogens is 295 g/mol. The van der Waals surface area contributed by atoms with Gasteiger partial charge in [-0.3, -0.25) is 10.2 Å². The minimum absolute atomic E-state index is 0.184. The fraction of sp³-hybridized carbons (Fsp3) is 0.278. The predicted octanol–water partition coefficient (Wildman–Crippen LogP) is 3.62. The predicted molar refractivity (Wildman–Crippen MR) is 86.7 cm³/mol. The number of halogens is 1. The molecule has 0 spiro atoms. The lowest BCUT2D eigenvalue weighted by Gasteiger charge is -2.26. The molecule has 0 unspecified atom stereocenters. The Morgan fingerprint density at radius 2 is 1.91 bits per heavy atom. The van der Waals surface area contributed by atoms with Crippen molar-refractivity contribution in [1.82, 2.24) is 10.4 Å². The van der Waals surface area contributed by atoms with Crippen molar-refractivity contribution in [3.05, 3.63) is 54.1 Å². The summed E-state index contributed by atoms with van der Waals surface area (Å²) in [5.41, 5.74) is 3.25. The summed E-state index contributed by atoms with van der Waals surface area (Å²) in [7, 11) is 0. The minimum Gasteiger partial charge on any atom is -0.457 e. The number of amides is 1. The molecule has 5 heteroatoms. The van der Waals surface area contributed by atoms with Crippen molar-refractivity contribution in [2.75, 3.05) is 13.1 Å². The zero-order valence-electron chi connectivity index (χ0n) is 12.8. The number of furan rings is 1. The van der Waals surface area contributed by atoms with E-state index < -0.39 is 0 Å². The Morgan fingerprint density at radius 3 is 2.70 bits per heavy atom. The number of rotatable bonds is 4. The largest absolute Gasteiger partial charge is 0.457 e. The highest BCUT2D eigenvalue weighted by molar-refractivity contribution is 5.91. The van der Waals surface area contributed by atoms with Crippen LogP contribution in [0.25, 0.3) is 17.4 Å². The molecule has 0 bridgehead atoms. The van der Waals surface area contributed by atoms with E-state index >= 15 is 0 Å². The summed E-state index contributed by atoms with van der Waals surface area (Å²) in [6, 6.07) is 9.84. The highest BCUT2D eigenvalue weighted by Gasteiger charge is 2.11. The van der Waals surface area contributed by atoms with Gasteiger partial charge in [0.15, 0.2) is 0 Å². The smallest absolute Gasteiger partial charge is 0.258 e. The molecule has 1 fully saturated rings. The highest BCUT2D eigenvalue weighted by atomic mass is 19.1. The number of hydrogen-bond acceptors (Lipinski definition) is 3. The number of hydrogen-bond donors (Lipinski definition) is 1. The second kappa shape index (κ2) is 7.24. The first-order valence-electron chi connectivity index (χ1n) is 7.81. The van der Waals surface area contributed by atoms with Crippen molar-refractivity contribution in [3.63, 3.8) is 0 Å². The van der Waals surface area contributed by atoms with Gasteiger partial charge in [-0.05, 0) is 43.2 Å². The Morgan fingerprint density at radius 1 is 1.13 bits per heavy atom. The van der Waals surface area contributed by atoms with Gasteiger partial charge in [-0.15, -0.1) is 0 Å². The molecule has 3 rings (SSSR count). The van der Waals surface area contributed by atoms with E-state index in [1.54, 1.807) is 36.4 Å². The number of hydrazine groups is 1. The molecule has 1 aliphatic rings. The second-order valence-electron chi connectivity index (χ2n) is 5.54. The average Bonchev–Trinajstić information content (AvgIpc) is 3.03. The third-order valence-electron chi connectivity index (χ3n) is 3.79. The molecule has 1 aliphatic heterocycles. The van der Waals surface area contributed by atoms with Crippen LogP contribution in [0.5, 0.6) is 0 Å². The molecule has 2 heterocycles. The third kappa shape index (κ3) is 4.07. The molecule has 120 valence electrons. The molecule has 1 saturated heterocycles. The lowest BCUT2D eigenvalue weighted by atomic mass is 10.1. The van der Waals surface area contributed by atoms with Gasteiger partial charge in [0.1, 0.15) is 17.3 Å². The summed E-state index contributed by atoms with van der Waals surface area (Å²) in [5.74, 6) is 0.437. The van der Waals surface area contributed by atoms with Gasteiger partial charge in [-0.1, -0.05) is 18.6 Å². The summed E-state index contributed by atoms with van der Waals surface area (Å²) in [6.45, 7) is 1.77. The number of benzene rings is 1. The molecule has 2 aromatic rings. The Kier molecular flexibility index (Phi) is 4.88. The van der Waals surface area contributed by atoms with E-state index in [2.05, 4.69) is 5.43 Å². The summed E-state index contributed by atoms with van der Waals surface area (Å²) >= 11 is 0. The molecule has 1 amide bonds. The fourth-order valence-corrected chi connectivity index (χ4v) is 2.60. The summed E-state index contributed by atoms with van der Waals surface area (Å²) < 4.78 is 19.3. The Balaban J connectivity index is 1.62. The molecule has 0 radical (unpaired) electrons. The molecule has 0 atom stereocenters. The lowest BCUT2D eigenvalue weighted by molar-refractivity contribution is -0.121. The Labute approximate surface area is 134 Å². The SMILES string of the molecule is O=C(/C=C/c1ccc(-c2ccccc2F)o1)NN1CCCCC1. The summed E-state index contributed by atoms with van der Waals surface area (Å²) in [6.07, 6.45) is 6.44. The summed E-state index contributed by atoms with van der Waals surface area (Å²) in [4.78, 5) is 11.9. The Bertz CT molecular complexity index is 703. The summed E-state index contributed by atoms with van der Waals surface area (Å²) in [5, 5.41) is 1.93. The van der Waals surface area contributed by atoms with Crippen LogP contribution in [-0.4, -0.2) is 24.0 Å². The van der Waals surface area contributed by atoms with Crippen LogP contribution < -0.4 is 5.43 Å². The van der Waals surface area contributed by atoms with Crippen LogP contribution in [-0.2, 0) is 4.79 Å². The van der Waals surface area contributed by atoms with Gasteiger partial charge in [0.25, 0.3) is 5.91 Å². The third-order valence-corrected chi connectivity index (χ3v) is 3.79. The van der Waals surface area contributed by atoms with Crippen molar-refractivity contribution in [1.29, 1.82) is 0 Å². The number of piperidine rings is 1. The quantitative estimate of drug-likeness (QED) is 0.877. The monoisotopic (exact) mass is 314 g/mol. The van der Waals surface area contributed by atoms with Crippen LogP contribution in [0.2, 0.25) is 0 Å². The second-order valence-corrected chi connectivity index (χ2v) is 5.54. The van der Waals surface area contributed by atoms with Gasteiger partial charge in [0.2, 0.25) is 0 Å². The molecular formula is C18H19FN2O2. The van der Waals surface area contributed by atoms with Gasteiger partial charge >= 0.3 is 0 Å². The highest BCUT2D eigenvalue weighted by Crippen LogP contribution is 2.25. The minimum atomic E-state index is -0.333. The average molecular weight is 314 g/mol. The van der Waals surface area contributed by atoms with E-state index in [1.807, 2.05) is 5.01 Å². The van der Waals surface area contributed by atoms with Gasteiger partial charge in [-0.25, -0.2) is 9.40 Å². The zero-order chi connectivity index (χ0) is 16.1. The van der Waals surface area contributed by atoms with Crippen LogP contribution in [0.15, 0.2) is 46.9 Å². The van der Waals surface area contributed by atoms with Crippen LogP contribution in [0.3, 0.4) is 0 Å². The van der Waals surface area contributed by atoms with Crippen molar-refractivity contribution >= 4 is 12.0 Å². The first-order valence-corrected chi connectivity index (χ1v) is 7.81. The van der Waals surface area contributed by atoms with Crippen molar-refractivity contribution in [3.8, 4) is 11.3 Å². The molecule has 1 aromatic carbocycles. The van der Waals surface area contributed by atoms with Gasteiger partial charge in [0, 0.05) is 19.2 Å². The van der Waals surface area contributed by atoms with E-state index in [-0.39, 0.29) is 11.7 Å². The number of nitrogens with one attached hydrogen (secondary N) is 1. The topological polar surface area (TPSA) is 45.5 Å². The zero-order valence-corrected chi connectivity index (χ0v) is 12.8. The maximum absolute atomic E-state index is 13.7. The normalized spacial score (nSPS) is 15.9. The van der Waals surface area contributed by atoms with Crippen LogP contribution in [0.1, 0.15) is 25.0 Å². The van der Waals surface area contributed by atoms with Gasteiger partial charge in [-0.2, -0.15) is 0 Å². The molecule has 1 N–H and O–H groups in total. The van der Waals surface area contributed by atoms with Crippen molar-refractivity contribution in [2.45, 2.75) is 19.3 Å². The van der Waals surface area contributed by atoms with E-state index in [1.165, 1.54) is 18.6 Å². The fourth-order valence-electron chi connectivity index (χ4n) is 2.60. The maximum Gasteiger partial charge on any atom is 0.258 e. The van der Waals surface area contributed by atoms with Crippen molar-refractivity contribution in [2.24, 2.45) is 0 Å². The van der Waals surface area contributed by atoms with E-state index in [9.17, 15) is 9.18 Å². The standard InChI is InChI=1S/C18H19FN2O2/c19-16-7-3-2-6-15(16)17-10-8-14(23-17)9-11-18(22)20-21-12-4-1-5-13-21/h2-3,6-11H,1,4-5,12-13H2,(H,20,22)/b11-9+. The molecule has 0 saturated carbocycles. The molecule has 4 nitrogen and oxygen atoms in total. The van der Waals surface area contributed by atoms with E-state index in [0.29, 0.717) is 17.1 Å². The first kappa shape index (κ1) is 15.5. The lowest BCUT2D eigenvalue weighted by Crippen LogP contribution is -2.44.